The van der Waals surface area contributed by atoms with Crippen molar-refractivity contribution in [1.82, 2.24) is 15.3 Å². The van der Waals surface area contributed by atoms with Gasteiger partial charge in [-0.1, -0.05) is 0 Å². The molecule has 2 N–H and O–H groups in total. The zero-order valence-electron chi connectivity index (χ0n) is 10.4. The summed E-state index contributed by atoms with van der Waals surface area (Å²) in [4.78, 5) is 18.8. The third-order valence-electron chi connectivity index (χ3n) is 3.58. The van der Waals surface area contributed by atoms with E-state index in [1.165, 1.54) is 0 Å². The minimum atomic E-state index is -0.637. The van der Waals surface area contributed by atoms with Crippen LogP contribution in [0.5, 0.6) is 0 Å². The van der Waals surface area contributed by atoms with Gasteiger partial charge in [0.05, 0.1) is 11.6 Å². The van der Waals surface area contributed by atoms with E-state index in [1.807, 2.05) is 6.07 Å². The summed E-state index contributed by atoms with van der Waals surface area (Å²) in [6.45, 7) is 1.69. The van der Waals surface area contributed by atoms with Crippen molar-refractivity contribution < 1.29 is 9.90 Å². The van der Waals surface area contributed by atoms with Gasteiger partial charge in [0, 0.05) is 12.7 Å². The summed E-state index contributed by atoms with van der Waals surface area (Å²) in [5.41, 5.74) is 0.990. The maximum atomic E-state index is 10.8. The Morgan fingerprint density at radius 3 is 2.78 bits per heavy atom. The second kappa shape index (κ2) is 6.44. The molecule has 1 aromatic rings. The van der Waals surface area contributed by atoms with Crippen molar-refractivity contribution in [3.05, 3.63) is 24.3 Å². The predicted octanol–water partition coefficient (Wildman–Crippen LogP) is 1.46. The first-order chi connectivity index (χ1) is 8.75. The lowest BCUT2D eigenvalue weighted by Gasteiger charge is -2.26. The van der Waals surface area contributed by atoms with Crippen LogP contribution in [-0.2, 0) is 11.3 Å². The van der Waals surface area contributed by atoms with Crippen LogP contribution in [0, 0.1) is 11.8 Å². The number of carboxylic acids is 1. The molecule has 0 unspecified atom stereocenters. The Morgan fingerprint density at radius 1 is 1.39 bits per heavy atom. The van der Waals surface area contributed by atoms with Gasteiger partial charge in [-0.3, -0.25) is 4.79 Å². The first-order valence-electron chi connectivity index (χ1n) is 6.44. The van der Waals surface area contributed by atoms with E-state index >= 15 is 0 Å². The summed E-state index contributed by atoms with van der Waals surface area (Å²) in [6.07, 6.45) is 6.93. The van der Waals surface area contributed by atoms with Crippen molar-refractivity contribution in [2.75, 3.05) is 6.54 Å². The highest BCUT2D eigenvalue weighted by molar-refractivity contribution is 5.69. The molecule has 0 aromatic carbocycles. The van der Waals surface area contributed by atoms with Crippen molar-refractivity contribution in [3.8, 4) is 0 Å². The third kappa shape index (κ3) is 3.77. The number of nitrogens with zero attached hydrogens (tertiary/aromatic N) is 2. The van der Waals surface area contributed by atoms with Gasteiger partial charge in [-0.2, -0.15) is 0 Å². The Balaban J connectivity index is 1.65. The van der Waals surface area contributed by atoms with E-state index in [-0.39, 0.29) is 5.92 Å². The van der Waals surface area contributed by atoms with Gasteiger partial charge in [0.15, 0.2) is 0 Å². The second-order valence-electron chi connectivity index (χ2n) is 4.89. The van der Waals surface area contributed by atoms with Crippen molar-refractivity contribution >= 4 is 5.97 Å². The van der Waals surface area contributed by atoms with Gasteiger partial charge in [0.25, 0.3) is 0 Å². The minimum absolute atomic E-state index is 0.122. The Hall–Kier alpha value is -1.49. The normalized spacial score (nSPS) is 23.8. The SMILES string of the molecule is O=C(O)C1CCC(CNCc2ccncn2)CC1. The van der Waals surface area contributed by atoms with Gasteiger partial charge in [-0.15, -0.1) is 0 Å². The molecule has 0 spiro atoms. The fraction of sp³-hybridized carbons (Fsp3) is 0.615. The fourth-order valence-electron chi connectivity index (χ4n) is 2.44. The van der Waals surface area contributed by atoms with Crippen molar-refractivity contribution in [1.29, 1.82) is 0 Å². The molecule has 5 heteroatoms. The molecule has 1 aromatic heterocycles. The Bertz CT molecular complexity index is 375. The summed E-state index contributed by atoms with van der Waals surface area (Å²) < 4.78 is 0. The molecular formula is C13H19N3O2. The van der Waals surface area contributed by atoms with E-state index in [0.717, 1.165) is 44.5 Å². The van der Waals surface area contributed by atoms with Crippen LogP contribution >= 0.6 is 0 Å². The lowest BCUT2D eigenvalue weighted by atomic mass is 9.82. The summed E-state index contributed by atoms with van der Waals surface area (Å²) in [7, 11) is 0. The number of aromatic nitrogens is 2. The minimum Gasteiger partial charge on any atom is -0.481 e. The Labute approximate surface area is 107 Å². The molecule has 18 heavy (non-hydrogen) atoms. The molecule has 0 aliphatic heterocycles. The largest absolute Gasteiger partial charge is 0.481 e. The zero-order valence-corrected chi connectivity index (χ0v) is 10.4. The quantitative estimate of drug-likeness (QED) is 0.826. The monoisotopic (exact) mass is 249 g/mol. The summed E-state index contributed by atoms with van der Waals surface area (Å²) in [5.74, 6) is -0.159. The zero-order chi connectivity index (χ0) is 12.8. The molecule has 1 saturated carbocycles. The van der Waals surface area contributed by atoms with E-state index in [0.29, 0.717) is 5.92 Å². The number of hydrogen-bond acceptors (Lipinski definition) is 4. The van der Waals surface area contributed by atoms with Crippen molar-refractivity contribution in [3.63, 3.8) is 0 Å². The summed E-state index contributed by atoms with van der Waals surface area (Å²) >= 11 is 0. The maximum Gasteiger partial charge on any atom is 0.306 e. The van der Waals surface area contributed by atoms with E-state index in [9.17, 15) is 4.79 Å². The van der Waals surface area contributed by atoms with E-state index in [2.05, 4.69) is 15.3 Å². The number of aliphatic carboxylic acids is 1. The number of hydrogen-bond donors (Lipinski definition) is 2. The van der Waals surface area contributed by atoms with Gasteiger partial charge in [0.1, 0.15) is 6.33 Å². The Morgan fingerprint density at radius 2 is 2.17 bits per heavy atom. The molecule has 0 amide bonds. The number of nitrogens with one attached hydrogen (secondary N) is 1. The van der Waals surface area contributed by atoms with Crippen LogP contribution in [0.25, 0.3) is 0 Å². The standard InChI is InChI=1S/C13H19N3O2/c17-13(18)11-3-1-10(2-4-11)7-15-8-12-5-6-14-9-16-12/h5-6,9-11,15H,1-4,7-8H2,(H,17,18). The number of carbonyl (C=O) groups is 1. The van der Waals surface area contributed by atoms with E-state index in [4.69, 9.17) is 5.11 Å². The van der Waals surface area contributed by atoms with Gasteiger partial charge < -0.3 is 10.4 Å². The first kappa shape index (κ1) is 13.0. The summed E-state index contributed by atoms with van der Waals surface area (Å²) in [6, 6.07) is 1.90. The number of rotatable bonds is 5. The molecule has 1 aliphatic carbocycles. The van der Waals surface area contributed by atoms with Gasteiger partial charge in [-0.25, -0.2) is 9.97 Å². The molecule has 0 atom stereocenters. The first-order valence-corrected chi connectivity index (χ1v) is 6.44. The average Bonchev–Trinajstić information content (AvgIpc) is 2.40. The molecule has 1 aliphatic rings. The molecule has 0 saturated heterocycles. The van der Waals surface area contributed by atoms with Crippen LogP contribution in [0.4, 0.5) is 0 Å². The lowest BCUT2D eigenvalue weighted by molar-refractivity contribution is -0.143. The molecule has 98 valence electrons. The van der Waals surface area contributed by atoms with E-state index in [1.54, 1.807) is 12.5 Å². The van der Waals surface area contributed by atoms with Crippen LogP contribution in [-0.4, -0.2) is 27.6 Å². The molecule has 1 fully saturated rings. The highest BCUT2D eigenvalue weighted by Crippen LogP contribution is 2.28. The van der Waals surface area contributed by atoms with Crippen LogP contribution in [0.3, 0.4) is 0 Å². The van der Waals surface area contributed by atoms with Crippen LogP contribution < -0.4 is 5.32 Å². The molecule has 2 rings (SSSR count). The van der Waals surface area contributed by atoms with Crippen LogP contribution in [0.15, 0.2) is 18.6 Å². The molecule has 5 nitrogen and oxygen atoms in total. The van der Waals surface area contributed by atoms with Crippen molar-refractivity contribution in [2.45, 2.75) is 32.2 Å². The van der Waals surface area contributed by atoms with Gasteiger partial charge >= 0.3 is 5.97 Å². The second-order valence-corrected chi connectivity index (χ2v) is 4.89. The third-order valence-corrected chi connectivity index (χ3v) is 3.58. The predicted molar refractivity (Wildman–Crippen MR) is 66.8 cm³/mol. The number of carboxylic acid groups (broad SMARTS) is 1. The van der Waals surface area contributed by atoms with Crippen LogP contribution in [0.2, 0.25) is 0 Å². The van der Waals surface area contributed by atoms with Gasteiger partial charge in [0.2, 0.25) is 0 Å². The van der Waals surface area contributed by atoms with Gasteiger partial charge in [-0.05, 0) is 44.2 Å². The maximum absolute atomic E-state index is 10.8. The molecular weight excluding hydrogens is 230 g/mol. The highest BCUT2D eigenvalue weighted by Gasteiger charge is 2.25. The topological polar surface area (TPSA) is 75.1 Å². The summed E-state index contributed by atoms with van der Waals surface area (Å²) in [5, 5.41) is 12.3. The fourth-order valence-corrected chi connectivity index (χ4v) is 2.44. The average molecular weight is 249 g/mol. The smallest absolute Gasteiger partial charge is 0.306 e. The highest BCUT2D eigenvalue weighted by atomic mass is 16.4. The molecule has 0 radical (unpaired) electrons. The molecule has 0 bridgehead atoms. The Kier molecular flexibility index (Phi) is 4.64. The van der Waals surface area contributed by atoms with Crippen LogP contribution in [0.1, 0.15) is 31.4 Å². The van der Waals surface area contributed by atoms with E-state index < -0.39 is 5.97 Å². The lowest BCUT2D eigenvalue weighted by Crippen LogP contribution is -2.28. The van der Waals surface area contributed by atoms with Crippen molar-refractivity contribution in [2.24, 2.45) is 11.8 Å². The molecule has 1 heterocycles.